The molecule has 0 unspecified atom stereocenters. The second-order valence-electron chi connectivity index (χ2n) is 4.75. The molecule has 21 heavy (non-hydrogen) atoms. The predicted octanol–water partition coefficient (Wildman–Crippen LogP) is 1.34. The number of amides is 1. The van der Waals surface area contributed by atoms with E-state index in [0.717, 1.165) is 17.8 Å². The van der Waals surface area contributed by atoms with E-state index < -0.39 is 0 Å². The number of pyridine rings is 1. The first-order chi connectivity index (χ1) is 10.2. The van der Waals surface area contributed by atoms with Crippen molar-refractivity contribution in [3.05, 3.63) is 53.0 Å². The summed E-state index contributed by atoms with van der Waals surface area (Å²) in [6, 6.07) is 3.37. The second kappa shape index (κ2) is 5.57. The average Bonchev–Trinajstić information content (AvgIpc) is 2.97. The van der Waals surface area contributed by atoms with Crippen LogP contribution >= 0.6 is 11.6 Å². The quantitative estimate of drug-likeness (QED) is 0.820. The highest BCUT2D eigenvalue weighted by molar-refractivity contribution is 6.30. The number of hydrogen-bond acceptors (Lipinski definition) is 4. The zero-order valence-corrected chi connectivity index (χ0v) is 12.0. The van der Waals surface area contributed by atoms with E-state index in [9.17, 15) is 4.79 Å². The molecular weight excluding hydrogens is 290 g/mol. The molecule has 1 aliphatic heterocycles. The van der Waals surface area contributed by atoms with E-state index in [2.05, 4.69) is 15.0 Å². The molecule has 3 N–H and O–H groups in total. The fourth-order valence-electron chi connectivity index (χ4n) is 2.36. The van der Waals surface area contributed by atoms with Crippen molar-refractivity contribution in [2.45, 2.75) is 13.0 Å². The van der Waals surface area contributed by atoms with Crippen LogP contribution in [0.2, 0.25) is 5.02 Å². The van der Waals surface area contributed by atoms with Crippen molar-refractivity contribution in [2.75, 3.05) is 6.54 Å². The number of aromatic nitrogens is 3. The van der Waals surface area contributed by atoms with Gasteiger partial charge in [0.2, 0.25) is 0 Å². The summed E-state index contributed by atoms with van der Waals surface area (Å²) in [5.74, 6) is -0.146. The summed E-state index contributed by atoms with van der Waals surface area (Å²) in [6.45, 7) is 1.11. The summed E-state index contributed by atoms with van der Waals surface area (Å²) in [6.07, 6.45) is 5.17. The zero-order valence-electron chi connectivity index (χ0n) is 11.2. The molecule has 0 aromatic carbocycles. The van der Waals surface area contributed by atoms with Gasteiger partial charge in [0, 0.05) is 25.4 Å². The normalized spacial score (nSPS) is 14.9. The van der Waals surface area contributed by atoms with E-state index in [1.54, 1.807) is 23.4 Å². The average molecular weight is 304 g/mol. The topological polar surface area (TPSA) is 87.9 Å². The van der Waals surface area contributed by atoms with Crippen LogP contribution in [0.5, 0.6) is 0 Å². The Kier molecular flexibility index (Phi) is 3.62. The largest absolute Gasteiger partial charge is 0.404 e. The zero-order chi connectivity index (χ0) is 14.8. The van der Waals surface area contributed by atoms with E-state index in [4.69, 9.17) is 17.3 Å². The number of aromatic amines is 1. The van der Waals surface area contributed by atoms with Gasteiger partial charge in [-0.25, -0.2) is 4.98 Å². The van der Waals surface area contributed by atoms with Gasteiger partial charge in [-0.1, -0.05) is 11.6 Å². The van der Waals surface area contributed by atoms with Gasteiger partial charge in [0.15, 0.2) is 0 Å². The first-order valence-corrected chi connectivity index (χ1v) is 6.91. The Morgan fingerprint density at radius 3 is 3.00 bits per heavy atom. The Labute approximate surface area is 126 Å². The number of halogens is 1. The number of nitrogens with zero attached hydrogens (tertiary/aromatic N) is 3. The molecule has 1 amide bonds. The Hall–Kier alpha value is -2.34. The molecule has 0 saturated carbocycles. The summed E-state index contributed by atoms with van der Waals surface area (Å²) < 4.78 is 0. The van der Waals surface area contributed by atoms with Gasteiger partial charge >= 0.3 is 0 Å². The van der Waals surface area contributed by atoms with Crippen LogP contribution < -0.4 is 5.73 Å². The van der Waals surface area contributed by atoms with Gasteiger partial charge < -0.3 is 15.6 Å². The van der Waals surface area contributed by atoms with Gasteiger partial charge in [0.25, 0.3) is 5.91 Å². The first-order valence-electron chi connectivity index (χ1n) is 6.53. The molecule has 0 spiro atoms. The van der Waals surface area contributed by atoms with Crippen molar-refractivity contribution in [1.82, 2.24) is 19.9 Å². The number of imidazole rings is 1. The highest BCUT2D eigenvalue weighted by Crippen LogP contribution is 2.21. The third-order valence-electron chi connectivity index (χ3n) is 3.46. The molecule has 6 nitrogen and oxygen atoms in total. The SMILES string of the molecule is N/C=C(/C(=O)N1CCc2nc[nH]c2C1)c1ccc(Cl)cn1. The number of carbonyl (C=O) groups is 1. The molecule has 0 saturated heterocycles. The van der Waals surface area contributed by atoms with Crippen LogP contribution in [0.1, 0.15) is 17.1 Å². The highest BCUT2D eigenvalue weighted by atomic mass is 35.5. The molecule has 108 valence electrons. The summed E-state index contributed by atoms with van der Waals surface area (Å²) in [7, 11) is 0. The number of fused-ring (bicyclic) bond motifs is 1. The van der Waals surface area contributed by atoms with Crippen molar-refractivity contribution in [1.29, 1.82) is 0 Å². The van der Waals surface area contributed by atoms with E-state index in [-0.39, 0.29) is 5.91 Å². The molecule has 0 aliphatic carbocycles. The van der Waals surface area contributed by atoms with Crippen molar-refractivity contribution in [3.63, 3.8) is 0 Å². The Balaban J connectivity index is 1.82. The van der Waals surface area contributed by atoms with Gasteiger partial charge in [0.05, 0.1) is 40.5 Å². The Morgan fingerprint density at radius 1 is 1.43 bits per heavy atom. The standard InChI is InChI=1S/C14H14ClN5O/c15-9-1-2-11(17-6-9)10(5-16)14(21)20-4-3-12-13(7-20)19-8-18-12/h1-2,5-6,8H,3-4,7,16H2,(H,18,19)/b10-5+. The van der Waals surface area contributed by atoms with E-state index in [1.807, 2.05) is 0 Å². The lowest BCUT2D eigenvalue weighted by molar-refractivity contribution is -0.126. The maximum atomic E-state index is 12.6. The predicted molar refractivity (Wildman–Crippen MR) is 79.1 cm³/mol. The fourth-order valence-corrected chi connectivity index (χ4v) is 2.47. The Bertz CT molecular complexity index is 692. The van der Waals surface area contributed by atoms with Crippen LogP contribution in [0.3, 0.4) is 0 Å². The number of nitrogens with one attached hydrogen (secondary N) is 1. The van der Waals surface area contributed by atoms with E-state index in [1.165, 1.54) is 12.4 Å². The molecule has 0 atom stereocenters. The molecule has 0 radical (unpaired) electrons. The molecule has 0 fully saturated rings. The lowest BCUT2D eigenvalue weighted by atomic mass is 10.1. The van der Waals surface area contributed by atoms with Crippen LogP contribution in [0, 0.1) is 0 Å². The van der Waals surface area contributed by atoms with Gasteiger partial charge in [-0.2, -0.15) is 0 Å². The maximum Gasteiger partial charge on any atom is 0.257 e. The minimum atomic E-state index is -0.146. The number of hydrogen-bond donors (Lipinski definition) is 2. The smallest absolute Gasteiger partial charge is 0.257 e. The maximum absolute atomic E-state index is 12.6. The molecule has 7 heteroatoms. The molecule has 0 bridgehead atoms. The molecule has 2 aromatic rings. The summed E-state index contributed by atoms with van der Waals surface area (Å²) in [4.78, 5) is 25.8. The first kappa shape index (κ1) is 13.6. The van der Waals surface area contributed by atoms with Gasteiger partial charge in [-0.15, -0.1) is 0 Å². The molecule has 3 heterocycles. The van der Waals surface area contributed by atoms with Crippen LogP contribution in [0.15, 0.2) is 30.9 Å². The van der Waals surface area contributed by atoms with Gasteiger partial charge in [-0.05, 0) is 12.1 Å². The Morgan fingerprint density at radius 2 is 2.29 bits per heavy atom. The monoisotopic (exact) mass is 303 g/mol. The molecular formula is C14H14ClN5O. The summed E-state index contributed by atoms with van der Waals surface area (Å²) >= 11 is 5.81. The van der Waals surface area contributed by atoms with Crippen LogP contribution in [0.25, 0.3) is 5.57 Å². The van der Waals surface area contributed by atoms with Crippen molar-refractivity contribution in [3.8, 4) is 0 Å². The van der Waals surface area contributed by atoms with E-state index in [0.29, 0.717) is 29.4 Å². The lowest BCUT2D eigenvalue weighted by Gasteiger charge is -2.27. The van der Waals surface area contributed by atoms with Crippen molar-refractivity contribution < 1.29 is 4.79 Å². The number of rotatable bonds is 2. The molecule has 3 rings (SSSR count). The summed E-state index contributed by atoms with van der Waals surface area (Å²) in [5.41, 5.74) is 8.49. The molecule has 2 aromatic heterocycles. The third kappa shape index (κ3) is 2.62. The second-order valence-corrected chi connectivity index (χ2v) is 5.18. The minimum Gasteiger partial charge on any atom is -0.404 e. The van der Waals surface area contributed by atoms with Crippen molar-refractivity contribution in [2.24, 2.45) is 5.73 Å². The third-order valence-corrected chi connectivity index (χ3v) is 3.69. The van der Waals surface area contributed by atoms with Gasteiger partial charge in [0.1, 0.15) is 0 Å². The van der Waals surface area contributed by atoms with Crippen LogP contribution in [-0.2, 0) is 17.8 Å². The number of carbonyl (C=O) groups excluding carboxylic acids is 1. The fraction of sp³-hybridized carbons (Fsp3) is 0.214. The van der Waals surface area contributed by atoms with E-state index >= 15 is 0 Å². The van der Waals surface area contributed by atoms with Crippen molar-refractivity contribution >= 4 is 23.1 Å². The number of nitrogens with two attached hydrogens (primary N) is 1. The van der Waals surface area contributed by atoms with Gasteiger partial charge in [-0.3, -0.25) is 9.78 Å². The van der Waals surface area contributed by atoms with Crippen LogP contribution in [0.4, 0.5) is 0 Å². The lowest BCUT2D eigenvalue weighted by Crippen LogP contribution is -2.36. The minimum absolute atomic E-state index is 0.146. The van der Waals surface area contributed by atoms with Crippen LogP contribution in [-0.4, -0.2) is 32.3 Å². The molecule has 1 aliphatic rings. The highest BCUT2D eigenvalue weighted by Gasteiger charge is 2.25. The summed E-state index contributed by atoms with van der Waals surface area (Å²) in [5, 5.41) is 0.516. The number of H-pyrrole nitrogens is 1.